The van der Waals surface area contributed by atoms with Gasteiger partial charge in [0, 0.05) is 11.8 Å². The number of aromatic nitrogens is 4. The normalized spacial score (nSPS) is 11.9. The van der Waals surface area contributed by atoms with E-state index in [0.29, 0.717) is 12.8 Å². The summed E-state index contributed by atoms with van der Waals surface area (Å²) in [6.45, 7) is 3.81. The molecule has 0 unspecified atom stereocenters. The Morgan fingerprint density at radius 1 is 1.15 bits per heavy atom. The van der Waals surface area contributed by atoms with Crippen LogP contribution in [0.3, 0.4) is 0 Å². The second kappa shape index (κ2) is 5.40. The van der Waals surface area contributed by atoms with Crippen molar-refractivity contribution in [1.82, 2.24) is 19.7 Å². The average Bonchev–Trinajstić information content (AvgIpc) is 2.80. The van der Waals surface area contributed by atoms with Gasteiger partial charge in [-0.1, -0.05) is 25.4 Å². The summed E-state index contributed by atoms with van der Waals surface area (Å²) >= 11 is 5.65. The molecule has 0 aliphatic rings. The fourth-order valence-corrected chi connectivity index (χ4v) is 1.92. The number of rotatable bonds is 3. The highest BCUT2D eigenvalue weighted by Gasteiger charge is 2.35. The third-order valence-corrected chi connectivity index (χ3v) is 2.90. The molecular formula is C12H12ClF3N4. The Kier molecular flexibility index (Phi) is 3.99. The van der Waals surface area contributed by atoms with E-state index in [4.69, 9.17) is 11.6 Å². The quantitative estimate of drug-likeness (QED) is 0.816. The molecule has 20 heavy (non-hydrogen) atoms. The van der Waals surface area contributed by atoms with Crippen molar-refractivity contribution in [2.45, 2.75) is 32.9 Å². The SMILES string of the molecule is CCc1cc(CC)n(-c2cc(Cl)nc(C(F)(F)F)n2)n1. The van der Waals surface area contributed by atoms with Crippen LogP contribution in [-0.2, 0) is 19.0 Å². The van der Waals surface area contributed by atoms with Gasteiger partial charge in [0.05, 0.1) is 5.69 Å². The molecule has 0 aromatic carbocycles. The topological polar surface area (TPSA) is 43.6 Å². The minimum absolute atomic E-state index is 0.0221. The van der Waals surface area contributed by atoms with Gasteiger partial charge in [0.25, 0.3) is 0 Å². The van der Waals surface area contributed by atoms with Crippen molar-refractivity contribution < 1.29 is 13.2 Å². The summed E-state index contributed by atoms with van der Waals surface area (Å²) in [6.07, 6.45) is -3.34. The Morgan fingerprint density at radius 3 is 2.40 bits per heavy atom. The molecule has 0 aliphatic carbocycles. The second-order valence-electron chi connectivity index (χ2n) is 4.12. The smallest absolute Gasteiger partial charge is 0.219 e. The van der Waals surface area contributed by atoms with Crippen LogP contribution in [-0.4, -0.2) is 19.7 Å². The highest BCUT2D eigenvalue weighted by molar-refractivity contribution is 6.29. The zero-order chi connectivity index (χ0) is 14.9. The van der Waals surface area contributed by atoms with E-state index in [1.807, 2.05) is 19.9 Å². The average molecular weight is 305 g/mol. The van der Waals surface area contributed by atoms with E-state index in [1.165, 1.54) is 10.7 Å². The number of halogens is 4. The van der Waals surface area contributed by atoms with Crippen molar-refractivity contribution in [2.24, 2.45) is 0 Å². The monoisotopic (exact) mass is 304 g/mol. The molecule has 0 saturated carbocycles. The number of aryl methyl sites for hydroxylation is 2. The van der Waals surface area contributed by atoms with Crippen molar-refractivity contribution in [3.8, 4) is 5.82 Å². The first kappa shape index (κ1) is 14.8. The number of nitrogens with zero attached hydrogens (tertiary/aromatic N) is 4. The third kappa shape index (κ3) is 2.92. The molecule has 2 aromatic heterocycles. The van der Waals surface area contributed by atoms with Crippen LogP contribution in [0.2, 0.25) is 5.15 Å². The van der Waals surface area contributed by atoms with Gasteiger partial charge in [0.1, 0.15) is 5.15 Å². The van der Waals surface area contributed by atoms with E-state index in [2.05, 4.69) is 15.1 Å². The van der Waals surface area contributed by atoms with E-state index in [9.17, 15) is 13.2 Å². The van der Waals surface area contributed by atoms with E-state index in [0.717, 1.165) is 11.4 Å². The summed E-state index contributed by atoms with van der Waals surface area (Å²) in [5.41, 5.74) is 1.55. The summed E-state index contributed by atoms with van der Waals surface area (Å²) in [5, 5.41) is 3.97. The van der Waals surface area contributed by atoms with Crippen molar-refractivity contribution >= 4 is 11.6 Å². The maximum atomic E-state index is 12.7. The van der Waals surface area contributed by atoms with Gasteiger partial charge in [0.2, 0.25) is 5.82 Å². The minimum Gasteiger partial charge on any atom is -0.219 e. The number of hydrogen-bond donors (Lipinski definition) is 0. The molecule has 2 heterocycles. The zero-order valence-electron chi connectivity index (χ0n) is 10.9. The van der Waals surface area contributed by atoms with Crippen LogP contribution in [0.5, 0.6) is 0 Å². The molecule has 0 fully saturated rings. The summed E-state index contributed by atoms with van der Waals surface area (Å²) in [4.78, 5) is 6.71. The van der Waals surface area contributed by atoms with Crippen LogP contribution in [0, 0.1) is 0 Å². The van der Waals surface area contributed by atoms with E-state index < -0.39 is 12.0 Å². The highest BCUT2D eigenvalue weighted by Crippen LogP contribution is 2.28. The lowest BCUT2D eigenvalue weighted by Crippen LogP contribution is -2.14. The van der Waals surface area contributed by atoms with Gasteiger partial charge < -0.3 is 0 Å². The molecule has 108 valence electrons. The van der Waals surface area contributed by atoms with Crippen LogP contribution in [0.25, 0.3) is 5.82 Å². The van der Waals surface area contributed by atoms with Crippen LogP contribution in [0.1, 0.15) is 31.1 Å². The summed E-state index contributed by atoms with van der Waals surface area (Å²) in [6, 6.07) is 3.10. The van der Waals surface area contributed by atoms with Gasteiger partial charge in [-0.25, -0.2) is 14.6 Å². The maximum Gasteiger partial charge on any atom is 0.451 e. The van der Waals surface area contributed by atoms with Crippen molar-refractivity contribution in [3.63, 3.8) is 0 Å². The molecule has 2 aromatic rings. The molecule has 0 saturated heterocycles. The predicted octanol–water partition coefficient (Wildman–Crippen LogP) is 3.46. The molecule has 0 amide bonds. The van der Waals surface area contributed by atoms with Crippen LogP contribution in [0.15, 0.2) is 12.1 Å². The Bertz CT molecular complexity index is 622. The van der Waals surface area contributed by atoms with Crippen molar-refractivity contribution in [1.29, 1.82) is 0 Å². The summed E-state index contributed by atoms with van der Waals surface area (Å²) in [7, 11) is 0. The molecule has 8 heteroatoms. The molecule has 2 rings (SSSR count). The highest BCUT2D eigenvalue weighted by atomic mass is 35.5. The number of alkyl halides is 3. The lowest BCUT2D eigenvalue weighted by atomic mass is 10.2. The molecule has 0 aliphatic heterocycles. The Balaban J connectivity index is 2.58. The van der Waals surface area contributed by atoms with E-state index >= 15 is 0 Å². The van der Waals surface area contributed by atoms with Crippen LogP contribution in [0.4, 0.5) is 13.2 Å². The van der Waals surface area contributed by atoms with Gasteiger partial charge in [-0.3, -0.25) is 0 Å². The van der Waals surface area contributed by atoms with Crippen LogP contribution >= 0.6 is 11.6 Å². The fourth-order valence-electron chi connectivity index (χ4n) is 1.74. The molecular weight excluding hydrogens is 293 g/mol. The van der Waals surface area contributed by atoms with E-state index in [1.54, 1.807) is 0 Å². The standard InChI is InChI=1S/C12H12ClF3N4/c1-3-7-5-8(4-2)20(19-7)10-6-9(13)17-11(18-10)12(14,15)16/h5-6H,3-4H2,1-2H3. The predicted molar refractivity (Wildman–Crippen MR) is 67.9 cm³/mol. The number of hydrogen-bond acceptors (Lipinski definition) is 3. The van der Waals surface area contributed by atoms with E-state index in [-0.39, 0.29) is 11.0 Å². The second-order valence-corrected chi connectivity index (χ2v) is 4.50. The molecule has 0 bridgehead atoms. The van der Waals surface area contributed by atoms with Gasteiger partial charge in [-0.2, -0.15) is 18.3 Å². The first-order valence-electron chi connectivity index (χ1n) is 6.05. The maximum absolute atomic E-state index is 12.7. The fraction of sp³-hybridized carbons (Fsp3) is 0.417. The minimum atomic E-state index is -4.65. The third-order valence-electron chi connectivity index (χ3n) is 2.71. The molecule has 0 atom stereocenters. The first-order chi connectivity index (χ1) is 9.35. The molecule has 0 radical (unpaired) electrons. The van der Waals surface area contributed by atoms with Gasteiger partial charge in [-0.05, 0) is 18.9 Å². The molecule has 0 N–H and O–H groups in total. The Morgan fingerprint density at radius 2 is 1.85 bits per heavy atom. The van der Waals surface area contributed by atoms with Gasteiger partial charge in [0.15, 0.2) is 5.82 Å². The van der Waals surface area contributed by atoms with Crippen molar-refractivity contribution in [3.05, 3.63) is 34.5 Å². The molecule has 0 spiro atoms. The van der Waals surface area contributed by atoms with Crippen LogP contribution < -0.4 is 0 Å². The first-order valence-corrected chi connectivity index (χ1v) is 6.43. The largest absolute Gasteiger partial charge is 0.451 e. The van der Waals surface area contributed by atoms with Crippen molar-refractivity contribution in [2.75, 3.05) is 0 Å². The van der Waals surface area contributed by atoms with Gasteiger partial charge >= 0.3 is 6.18 Å². The summed E-state index contributed by atoms with van der Waals surface area (Å²) in [5.74, 6) is -1.25. The van der Waals surface area contributed by atoms with Gasteiger partial charge in [-0.15, -0.1) is 0 Å². The molecule has 4 nitrogen and oxygen atoms in total. The lowest BCUT2D eigenvalue weighted by molar-refractivity contribution is -0.145. The Labute approximate surface area is 118 Å². The Hall–Kier alpha value is -1.63. The lowest BCUT2D eigenvalue weighted by Gasteiger charge is -2.09. The summed E-state index contributed by atoms with van der Waals surface area (Å²) < 4.78 is 39.5. The zero-order valence-corrected chi connectivity index (χ0v) is 11.6.